The van der Waals surface area contributed by atoms with Crippen LogP contribution in [0.5, 0.6) is 0 Å². The molecule has 0 saturated heterocycles. The summed E-state index contributed by atoms with van der Waals surface area (Å²) in [6.45, 7) is 2.05. The first-order valence-corrected chi connectivity index (χ1v) is 15.5. The van der Waals surface area contributed by atoms with E-state index in [9.17, 15) is 0 Å². The van der Waals surface area contributed by atoms with Gasteiger partial charge in [0, 0.05) is 61.3 Å². The van der Waals surface area contributed by atoms with Crippen molar-refractivity contribution in [3.8, 4) is 27.9 Å². The molecular formula is C40H25BN5Pd-3. The third kappa shape index (κ3) is 4.17. The van der Waals surface area contributed by atoms with Gasteiger partial charge in [-0.05, 0) is 48.2 Å². The van der Waals surface area contributed by atoms with E-state index < -0.39 is 0 Å². The molecule has 0 atom stereocenters. The molecule has 3 aliphatic heterocycles. The zero-order valence-corrected chi connectivity index (χ0v) is 26.6. The van der Waals surface area contributed by atoms with Crippen molar-refractivity contribution in [3.63, 3.8) is 0 Å². The van der Waals surface area contributed by atoms with Gasteiger partial charge in [-0.2, -0.15) is 40.3 Å². The maximum Gasteiger partial charge on any atom is 0.278 e. The molecule has 0 fully saturated rings. The molecule has 0 aliphatic carbocycles. The monoisotopic (exact) mass is 692 g/mol. The number of aromatic nitrogens is 2. The van der Waals surface area contributed by atoms with Gasteiger partial charge in [0.2, 0.25) is 0 Å². The Bertz CT molecular complexity index is 2290. The van der Waals surface area contributed by atoms with Crippen molar-refractivity contribution < 1.29 is 20.4 Å². The topological polar surface area (TPSA) is 27.5 Å². The van der Waals surface area contributed by atoms with Gasteiger partial charge in [-0.15, -0.1) is 35.6 Å². The SMILES string of the molecule is [Pd].[c-]1c(N2[CH-]N(c3ccccc3)c3ccccc32)ccc2c1B1c3[c-]c(-n4cccn4)ccc3-c3ccccc3N1c1ccccc1-2. The van der Waals surface area contributed by atoms with Crippen molar-refractivity contribution in [2.24, 2.45) is 0 Å². The molecule has 4 heterocycles. The fourth-order valence-corrected chi connectivity index (χ4v) is 7.32. The number of para-hydroxylation sites is 5. The summed E-state index contributed by atoms with van der Waals surface area (Å²) in [6, 6.07) is 55.1. The second kappa shape index (κ2) is 10.9. The summed E-state index contributed by atoms with van der Waals surface area (Å²) in [5.74, 6) is 0. The molecule has 0 bridgehead atoms. The standard InChI is InChI=1S/C40H25BN5.Pd/c1-2-11-28(12-3-1)43-27-44(40-18-9-8-17-39(40)43)29-19-21-31-33-13-4-6-15-37(33)46-38-16-7-5-14-34(38)32-22-20-30(45-24-10-23-42-45)26-36(32)41(46)35(31)25-29;/h1-24,27H;/q-3;. The molecule has 226 valence electrons. The normalized spacial score (nSPS) is 13.5. The van der Waals surface area contributed by atoms with E-state index in [1.807, 2.05) is 23.1 Å². The zero-order valence-electron chi connectivity index (χ0n) is 25.1. The van der Waals surface area contributed by atoms with E-state index in [1.165, 1.54) is 33.6 Å². The first-order valence-electron chi connectivity index (χ1n) is 15.5. The van der Waals surface area contributed by atoms with Gasteiger partial charge in [0.15, 0.2) is 0 Å². The van der Waals surface area contributed by atoms with Crippen LogP contribution in [0.15, 0.2) is 146 Å². The summed E-state index contributed by atoms with van der Waals surface area (Å²) in [4.78, 5) is 6.99. The molecule has 0 amide bonds. The minimum atomic E-state index is -0.131. The van der Waals surface area contributed by atoms with Crippen LogP contribution in [0, 0.1) is 18.8 Å². The van der Waals surface area contributed by atoms with Gasteiger partial charge in [0.1, 0.15) is 0 Å². The smallest absolute Gasteiger partial charge is 0.278 e. The van der Waals surface area contributed by atoms with Crippen molar-refractivity contribution in [2.45, 2.75) is 0 Å². The molecule has 7 heteroatoms. The van der Waals surface area contributed by atoms with Crippen molar-refractivity contribution in [1.29, 1.82) is 0 Å². The number of hydrogen-bond acceptors (Lipinski definition) is 4. The first-order chi connectivity index (χ1) is 22.8. The van der Waals surface area contributed by atoms with Gasteiger partial charge in [-0.3, -0.25) is 4.68 Å². The van der Waals surface area contributed by atoms with Crippen LogP contribution >= 0.6 is 0 Å². The van der Waals surface area contributed by atoms with Crippen LogP contribution in [-0.4, -0.2) is 16.6 Å². The summed E-state index contributed by atoms with van der Waals surface area (Å²) in [5, 5.41) is 4.53. The Hall–Kier alpha value is -5.34. The molecule has 0 saturated carbocycles. The average molecular weight is 693 g/mol. The van der Waals surface area contributed by atoms with E-state index in [1.54, 1.807) is 0 Å². The fourth-order valence-electron chi connectivity index (χ4n) is 7.32. The van der Waals surface area contributed by atoms with Gasteiger partial charge in [-0.25, -0.2) is 0 Å². The number of anilines is 6. The van der Waals surface area contributed by atoms with E-state index >= 15 is 0 Å². The van der Waals surface area contributed by atoms with E-state index in [0.717, 1.165) is 39.4 Å². The Morgan fingerprint density at radius 2 is 1.06 bits per heavy atom. The maximum atomic E-state index is 4.53. The number of nitrogens with zero attached hydrogens (tertiary/aromatic N) is 5. The predicted molar refractivity (Wildman–Crippen MR) is 187 cm³/mol. The summed E-state index contributed by atoms with van der Waals surface area (Å²) in [7, 11) is 0. The molecule has 7 aromatic rings. The van der Waals surface area contributed by atoms with Gasteiger partial charge in [-0.1, -0.05) is 77.9 Å². The molecule has 10 rings (SSSR count). The Kier molecular flexibility index (Phi) is 6.47. The predicted octanol–water partition coefficient (Wildman–Crippen LogP) is 7.78. The number of fused-ring (bicyclic) bond motifs is 12. The Morgan fingerprint density at radius 3 is 1.70 bits per heavy atom. The second-order valence-corrected chi connectivity index (χ2v) is 11.8. The van der Waals surface area contributed by atoms with Crippen molar-refractivity contribution >= 4 is 51.9 Å². The fraction of sp³-hybridized carbons (Fsp3) is 0. The van der Waals surface area contributed by atoms with Crippen LogP contribution in [0.2, 0.25) is 0 Å². The van der Waals surface area contributed by atoms with E-state index in [4.69, 9.17) is 0 Å². The molecule has 0 N–H and O–H groups in total. The Morgan fingerprint density at radius 1 is 0.511 bits per heavy atom. The largest absolute Gasteiger partial charge is 0.493 e. The molecule has 0 spiro atoms. The summed E-state index contributed by atoms with van der Waals surface area (Å²) < 4.78 is 1.89. The van der Waals surface area contributed by atoms with Gasteiger partial charge >= 0.3 is 0 Å². The zero-order chi connectivity index (χ0) is 30.2. The van der Waals surface area contributed by atoms with Gasteiger partial charge < -0.3 is 14.6 Å². The van der Waals surface area contributed by atoms with E-state index in [0.29, 0.717) is 0 Å². The number of benzene rings is 6. The van der Waals surface area contributed by atoms with Crippen LogP contribution in [0.1, 0.15) is 0 Å². The number of hydrogen-bond donors (Lipinski definition) is 0. The third-order valence-electron chi connectivity index (χ3n) is 9.31. The Balaban J connectivity index is 0.00000302. The minimum absolute atomic E-state index is 0. The molecule has 3 aliphatic rings. The summed E-state index contributed by atoms with van der Waals surface area (Å²) in [6.07, 6.45) is 3.78. The molecule has 5 nitrogen and oxygen atoms in total. The number of rotatable bonds is 3. The van der Waals surface area contributed by atoms with Gasteiger partial charge in [0.05, 0.1) is 0 Å². The minimum Gasteiger partial charge on any atom is -0.493 e. The van der Waals surface area contributed by atoms with Crippen LogP contribution in [-0.2, 0) is 20.4 Å². The summed E-state index contributed by atoms with van der Waals surface area (Å²) >= 11 is 0. The van der Waals surface area contributed by atoms with Crippen LogP contribution < -0.4 is 25.5 Å². The van der Waals surface area contributed by atoms with Crippen molar-refractivity contribution in [2.75, 3.05) is 14.6 Å². The molecule has 0 unspecified atom stereocenters. The van der Waals surface area contributed by atoms with Crippen LogP contribution in [0.25, 0.3) is 27.9 Å². The van der Waals surface area contributed by atoms with E-state index in [-0.39, 0.29) is 27.3 Å². The summed E-state index contributed by atoms with van der Waals surface area (Å²) in [5.41, 5.74) is 14.7. The van der Waals surface area contributed by atoms with E-state index in [2.05, 4.69) is 166 Å². The van der Waals surface area contributed by atoms with Crippen molar-refractivity contribution in [3.05, 3.63) is 165 Å². The Labute approximate surface area is 288 Å². The second-order valence-electron chi connectivity index (χ2n) is 11.8. The molecule has 6 aromatic carbocycles. The molecule has 47 heavy (non-hydrogen) atoms. The molecular weight excluding hydrogens is 668 g/mol. The molecule has 1 aromatic heterocycles. The van der Waals surface area contributed by atoms with Crippen molar-refractivity contribution in [1.82, 2.24) is 9.78 Å². The van der Waals surface area contributed by atoms with Crippen LogP contribution in [0.3, 0.4) is 0 Å². The maximum absolute atomic E-state index is 4.53. The average Bonchev–Trinajstić information content (AvgIpc) is 3.81. The molecule has 0 radical (unpaired) electrons. The first kappa shape index (κ1) is 27.9. The quantitative estimate of drug-likeness (QED) is 0.140. The third-order valence-corrected chi connectivity index (χ3v) is 9.31. The van der Waals surface area contributed by atoms with Gasteiger partial charge in [0.25, 0.3) is 6.85 Å². The van der Waals surface area contributed by atoms with Crippen LogP contribution in [0.4, 0.5) is 34.1 Å².